The van der Waals surface area contributed by atoms with E-state index in [9.17, 15) is 9.59 Å². The normalized spacial score (nSPS) is 13.2. The van der Waals surface area contributed by atoms with Crippen LogP contribution in [0.15, 0.2) is 48.5 Å². The van der Waals surface area contributed by atoms with Gasteiger partial charge in [0.25, 0.3) is 5.91 Å². The van der Waals surface area contributed by atoms with E-state index in [4.69, 9.17) is 0 Å². The number of rotatable bonds is 7. The van der Waals surface area contributed by atoms with E-state index in [1.165, 1.54) is 5.56 Å². The van der Waals surface area contributed by atoms with Crippen LogP contribution in [-0.2, 0) is 11.2 Å². The van der Waals surface area contributed by atoms with E-state index in [0.717, 1.165) is 24.9 Å². The van der Waals surface area contributed by atoms with Crippen molar-refractivity contribution in [3.63, 3.8) is 0 Å². The van der Waals surface area contributed by atoms with Crippen LogP contribution in [0.25, 0.3) is 0 Å². The van der Waals surface area contributed by atoms with Crippen molar-refractivity contribution >= 4 is 23.2 Å². The molecule has 3 N–H and O–H groups in total. The van der Waals surface area contributed by atoms with Crippen LogP contribution < -0.4 is 16.0 Å². The Morgan fingerprint density at radius 1 is 1.04 bits per heavy atom. The van der Waals surface area contributed by atoms with Gasteiger partial charge in [-0.3, -0.25) is 9.59 Å². The predicted octanol–water partition coefficient (Wildman–Crippen LogP) is 3.19. The van der Waals surface area contributed by atoms with Crippen molar-refractivity contribution in [2.45, 2.75) is 32.2 Å². The molecule has 0 heterocycles. The van der Waals surface area contributed by atoms with Gasteiger partial charge in [-0.2, -0.15) is 0 Å². The van der Waals surface area contributed by atoms with Crippen molar-refractivity contribution in [2.75, 3.05) is 17.2 Å². The molecule has 1 aliphatic carbocycles. The Balaban J connectivity index is 1.57. The van der Waals surface area contributed by atoms with Crippen molar-refractivity contribution in [3.05, 3.63) is 59.7 Å². The number of aryl methyl sites for hydroxylation is 1. The lowest BCUT2D eigenvalue weighted by Gasteiger charge is -2.12. The van der Waals surface area contributed by atoms with Gasteiger partial charge in [-0.15, -0.1) is 0 Å². The van der Waals surface area contributed by atoms with Gasteiger partial charge in [0, 0.05) is 17.4 Å². The number of benzene rings is 2. The fraction of sp³-hybridized carbons (Fsp3) is 0.300. The molecule has 1 aliphatic rings. The van der Waals surface area contributed by atoms with Crippen molar-refractivity contribution in [1.82, 2.24) is 5.32 Å². The molecule has 5 nitrogen and oxygen atoms in total. The Morgan fingerprint density at radius 3 is 2.44 bits per heavy atom. The topological polar surface area (TPSA) is 70.2 Å². The molecule has 1 saturated carbocycles. The highest BCUT2D eigenvalue weighted by Gasteiger charge is 2.24. The molecule has 0 radical (unpaired) electrons. The Labute approximate surface area is 147 Å². The summed E-state index contributed by atoms with van der Waals surface area (Å²) >= 11 is 0. The Hall–Kier alpha value is -2.82. The summed E-state index contributed by atoms with van der Waals surface area (Å²) < 4.78 is 0. The molecule has 2 aromatic rings. The Kier molecular flexibility index (Phi) is 5.33. The molecule has 1 fully saturated rings. The molecule has 2 aromatic carbocycles. The lowest BCUT2D eigenvalue weighted by molar-refractivity contribution is -0.114. The minimum absolute atomic E-state index is 0.0961. The average molecular weight is 337 g/mol. The smallest absolute Gasteiger partial charge is 0.253 e. The molecular formula is C20H23N3O2. The standard InChI is InChI=1S/C20H23N3O2/c1-2-14-7-9-15(10-8-14)22-19(24)13-21-18-6-4-3-5-17(18)20(25)23-16-11-12-16/h3-10,16,21H,2,11-13H2,1H3,(H,22,24)(H,23,25). The van der Waals surface area contributed by atoms with Crippen molar-refractivity contribution < 1.29 is 9.59 Å². The first-order valence-electron chi connectivity index (χ1n) is 8.68. The maximum Gasteiger partial charge on any atom is 0.253 e. The van der Waals surface area contributed by atoms with Gasteiger partial charge in [0.05, 0.1) is 12.1 Å². The van der Waals surface area contributed by atoms with Gasteiger partial charge in [0.1, 0.15) is 0 Å². The second kappa shape index (κ2) is 7.83. The van der Waals surface area contributed by atoms with Crippen LogP contribution in [0.2, 0.25) is 0 Å². The zero-order valence-electron chi connectivity index (χ0n) is 14.3. The summed E-state index contributed by atoms with van der Waals surface area (Å²) in [5.41, 5.74) is 3.22. The van der Waals surface area contributed by atoms with Gasteiger partial charge in [-0.1, -0.05) is 31.2 Å². The highest BCUT2D eigenvalue weighted by molar-refractivity contribution is 6.01. The quantitative estimate of drug-likeness (QED) is 0.727. The second-order valence-corrected chi connectivity index (χ2v) is 6.25. The largest absolute Gasteiger partial charge is 0.376 e. The molecule has 0 aliphatic heterocycles. The first-order chi connectivity index (χ1) is 12.2. The van der Waals surface area contributed by atoms with E-state index >= 15 is 0 Å². The van der Waals surface area contributed by atoms with Crippen molar-refractivity contribution in [3.8, 4) is 0 Å². The lowest BCUT2D eigenvalue weighted by Crippen LogP contribution is -2.27. The number of carbonyl (C=O) groups excluding carboxylic acids is 2. The second-order valence-electron chi connectivity index (χ2n) is 6.25. The average Bonchev–Trinajstić information content (AvgIpc) is 3.45. The monoisotopic (exact) mass is 337 g/mol. The van der Waals surface area contributed by atoms with Crippen LogP contribution in [0, 0.1) is 0 Å². The Bertz CT molecular complexity index is 752. The number of para-hydroxylation sites is 1. The molecule has 5 heteroatoms. The van der Waals surface area contributed by atoms with E-state index < -0.39 is 0 Å². The van der Waals surface area contributed by atoms with E-state index in [1.807, 2.05) is 42.5 Å². The molecule has 0 aromatic heterocycles. The maximum atomic E-state index is 12.3. The van der Waals surface area contributed by atoms with Crippen LogP contribution in [0.4, 0.5) is 11.4 Å². The van der Waals surface area contributed by atoms with Gasteiger partial charge < -0.3 is 16.0 Å². The third kappa shape index (κ3) is 4.83. The number of nitrogens with one attached hydrogen (secondary N) is 3. The molecule has 130 valence electrons. The Morgan fingerprint density at radius 2 is 1.76 bits per heavy atom. The number of amides is 2. The highest BCUT2D eigenvalue weighted by atomic mass is 16.2. The minimum atomic E-state index is -0.151. The summed E-state index contributed by atoms with van der Waals surface area (Å²) in [5, 5.41) is 8.88. The van der Waals surface area contributed by atoms with E-state index in [2.05, 4.69) is 22.9 Å². The SMILES string of the molecule is CCc1ccc(NC(=O)CNc2ccccc2C(=O)NC2CC2)cc1. The number of carbonyl (C=O) groups is 2. The van der Waals surface area contributed by atoms with Crippen molar-refractivity contribution in [1.29, 1.82) is 0 Å². The first kappa shape index (κ1) is 17.0. The summed E-state index contributed by atoms with van der Waals surface area (Å²) in [7, 11) is 0. The molecule has 0 atom stereocenters. The van der Waals surface area contributed by atoms with Crippen LogP contribution >= 0.6 is 0 Å². The molecule has 3 rings (SSSR count). The summed E-state index contributed by atoms with van der Waals surface area (Å²) in [5.74, 6) is -0.247. The van der Waals surface area contributed by atoms with Gasteiger partial charge in [0.15, 0.2) is 0 Å². The summed E-state index contributed by atoms with van der Waals surface area (Å²) in [6.45, 7) is 2.19. The van der Waals surface area contributed by atoms with E-state index in [-0.39, 0.29) is 18.4 Å². The molecule has 0 unspecified atom stereocenters. The first-order valence-corrected chi connectivity index (χ1v) is 8.68. The van der Waals surface area contributed by atoms with E-state index in [1.54, 1.807) is 6.07 Å². The zero-order valence-corrected chi connectivity index (χ0v) is 14.3. The van der Waals surface area contributed by atoms with Gasteiger partial charge in [-0.25, -0.2) is 0 Å². The predicted molar refractivity (Wildman–Crippen MR) is 99.9 cm³/mol. The lowest BCUT2D eigenvalue weighted by atomic mass is 10.1. The van der Waals surface area contributed by atoms with Gasteiger partial charge in [-0.05, 0) is 49.1 Å². The van der Waals surface area contributed by atoms with Crippen LogP contribution in [0.1, 0.15) is 35.7 Å². The van der Waals surface area contributed by atoms with Crippen LogP contribution in [-0.4, -0.2) is 24.4 Å². The third-order valence-corrected chi connectivity index (χ3v) is 4.17. The molecule has 25 heavy (non-hydrogen) atoms. The van der Waals surface area contributed by atoms with Gasteiger partial charge >= 0.3 is 0 Å². The fourth-order valence-electron chi connectivity index (χ4n) is 2.53. The minimum Gasteiger partial charge on any atom is -0.376 e. The molecule has 0 saturated heterocycles. The van der Waals surface area contributed by atoms with Crippen LogP contribution in [0.5, 0.6) is 0 Å². The molecular weight excluding hydrogens is 314 g/mol. The van der Waals surface area contributed by atoms with E-state index in [0.29, 0.717) is 17.3 Å². The maximum absolute atomic E-state index is 12.3. The summed E-state index contributed by atoms with van der Waals surface area (Å²) in [6, 6.07) is 15.3. The fourth-order valence-corrected chi connectivity index (χ4v) is 2.53. The van der Waals surface area contributed by atoms with Crippen LogP contribution in [0.3, 0.4) is 0 Å². The number of hydrogen-bond acceptors (Lipinski definition) is 3. The highest BCUT2D eigenvalue weighted by Crippen LogP contribution is 2.21. The number of hydrogen-bond donors (Lipinski definition) is 3. The zero-order chi connectivity index (χ0) is 17.6. The molecule has 0 bridgehead atoms. The molecule has 0 spiro atoms. The van der Waals surface area contributed by atoms with Crippen molar-refractivity contribution in [2.24, 2.45) is 0 Å². The summed E-state index contributed by atoms with van der Waals surface area (Å²) in [4.78, 5) is 24.4. The summed E-state index contributed by atoms with van der Waals surface area (Å²) in [6.07, 6.45) is 3.05. The number of anilines is 2. The molecule has 2 amide bonds. The third-order valence-electron chi connectivity index (χ3n) is 4.17. The van der Waals surface area contributed by atoms with Gasteiger partial charge in [0.2, 0.25) is 5.91 Å².